The lowest BCUT2D eigenvalue weighted by Gasteiger charge is -2.11. The molecule has 0 aliphatic rings. The highest BCUT2D eigenvalue weighted by Gasteiger charge is 2.11. The Morgan fingerprint density at radius 1 is 1.33 bits per heavy atom. The molecule has 0 saturated heterocycles. The fourth-order valence-electron chi connectivity index (χ4n) is 1.05. The van der Waals surface area contributed by atoms with Crippen LogP contribution in [0.4, 0.5) is 0 Å². The van der Waals surface area contributed by atoms with E-state index in [9.17, 15) is 9.59 Å². The summed E-state index contributed by atoms with van der Waals surface area (Å²) in [5, 5.41) is 8.32. The number of nitrogens with one attached hydrogen (secondary N) is 3. The van der Waals surface area contributed by atoms with Crippen LogP contribution in [0.3, 0.4) is 0 Å². The number of hydrogen-bond donors (Lipinski definition) is 3. The molecule has 5 nitrogen and oxygen atoms in total. The topological polar surface area (TPSA) is 70.2 Å². The molecule has 15 heavy (non-hydrogen) atoms. The second-order valence-electron chi connectivity index (χ2n) is 3.42. The van der Waals surface area contributed by atoms with Gasteiger partial charge >= 0.3 is 0 Å². The first kappa shape index (κ1) is 13.9. The van der Waals surface area contributed by atoms with Crippen molar-refractivity contribution >= 4 is 11.8 Å². The van der Waals surface area contributed by atoms with Crippen LogP contribution in [-0.2, 0) is 9.59 Å². The number of rotatable bonds is 7. The molecule has 5 heteroatoms. The first-order valence-corrected chi connectivity index (χ1v) is 5.30. The minimum Gasteiger partial charge on any atom is -0.359 e. The minimum atomic E-state index is -0.0605. The van der Waals surface area contributed by atoms with Crippen LogP contribution in [0.1, 0.15) is 20.3 Å². The van der Waals surface area contributed by atoms with E-state index >= 15 is 0 Å². The summed E-state index contributed by atoms with van der Waals surface area (Å²) in [5.41, 5.74) is 0. The molecule has 0 saturated carbocycles. The van der Waals surface area contributed by atoms with E-state index in [1.807, 2.05) is 13.8 Å². The lowest BCUT2D eigenvalue weighted by molar-refractivity contribution is -0.124. The van der Waals surface area contributed by atoms with Crippen molar-refractivity contribution in [3.63, 3.8) is 0 Å². The summed E-state index contributed by atoms with van der Waals surface area (Å²) in [4.78, 5) is 22.3. The smallest absolute Gasteiger partial charge is 0.224 e. The van der Waals surface area contributed by atoms with Gasteiger partial charge in [-0.25, -0.2) is 0 Å². The number of hydrogen-bond acceptors (Lipinski definition) is 3. The Morgan fingerprint density at radius 3 is 2.53 bits per heavy atom. The highest BCUT2D eigenvalue weighted by atomic mass is 16.2. The van der Waals surface area contributed by atoms with Crippen molar-refractivity contribution in [3.8, 4) is 0 Å². The van der Waals surface area contributed by atoms with Gasteiger partial charge in [0.25, 0.3) is 0 Å². The molecule has 88 valence electrons. The zero-order chi connectivity index (χ0) is 11.7. The van der Waals surface area contributed by atoms with Gasteiger partial charge in [-0.2, -0.15) is 0 Å². The lowest BCUT2D eigenvalue weighted by Crippen LogP contribution is -2.37. The Bertz CT molecular complexity index is 207. The minimum absolute atomic E-state index is 0.0140. The van der Waals surface area contributed by atoms with E-state index in [0.29, 0.717) is 19.5 Å². The maximum absolute atomic E-state index is 11.4. The molecule has 0 aromatic heterocycles. The third-order valence-corrected chi connectivity index (χ3v) is 2.08. The molecule has 1 unspecified atom stereocenters. The third-order valence-electron chi connectivity index (χ3n) is 2.08. The van der Waals surface area contributed by atoms with E-state index < -0.39 is 0 Å². The zero-order valence-corrected chi connectivity index (χ0v) is 9.72. The fraction of sp³-hybridized carbons (Fsp3) is 0.800. The molecule has 0 rings (SSSR count). The van der Waals surface area contributed by atoms with E-state index in [0.717, 1.165) is 6.54 Å². The van der Waals surface area contributed by atoms with Crippen molar-refractivity contribution in [2.45, 2.75) is 20.3 Å². The van der Waals surface area contributed by atoms with E-state index in [2.05, 4.69) is 16.0 Å². The van der Waals surface area contributed by atoms with Gasteiger partial charge in [0.05, 0.1) is 0 Å². The summed E-state index contributed by atoms with van der Waals surface area (Å²) in [7, 11) is 1.58. The average molecular weight is 215 g/mol. The first-order valence-electron chi connectivity index (χ1n) is 5.30. The van der Waals surface area contributed by atoms with Crippen molar-refractivity contribution in [3.05, 3.63) is 0 Å². The van der Waals surface area contributed by atoms with E-state index in [-0.39, 0.29) is 17.7 Å². The summed E-state index contributed by atoms with van der Waals surface area (Å²) < 4.78 is 0. The van der Waals surface area contributed by atoms with Crippen LogP contribution in [0, 0.1) is 5.92 Å². The zero-order valence-electron chi connectivity index (χ0n) is 9.72. The van der Waals surface area contributed by atoms with Crippen molar-refractivity contribution in [1.29, 1.82) is 0 Å². The molecule has 1 atom stereocenters. The van der Waals surface area contributed by atoms with Gasteiger partial charge in [-0.1, -0.05) is 13.8 Å². The van der Waals surface area contributed by atoms with Crippen molar-refractivity contribution in [2.24, 2.45) is 5.92 Å². The lowest BCUT2D eigenvalue weighted by atomic mass is 10.1. The monoisotopic (exact) mass is 215 g/mol. The van der Waals surface area contributed by atoms with Crippen LogP contribution >= 0.6 is 0 Å². The van der Waals surface area contributed by atoms with E-state index in [1.54, 1.807) is 7.05 Å². The molecule has 0 spiro atoms. The maximum Gasteiger partial charge on any atom is 0.224 e. The molecular weight excluding hydrogens is 194 g/mol. The van der Waals surface area contributed by atoms with E-state index in [4.69, 9.17) is 0 Å². The molecule has 0 aromatic carbocycles. The maximum atomic E-state index is 11.4. The average Bonchev–Trinajstić information content (AvgIpc) is 2.25. The molecule has 0 aliphatic carbocycles. The second kappa shape index (κ2) is 8.23. The van der Waals surface area contributed by atoms with Gasteiger partial charge in [-0.15, -0.1) is 0 Å². The van der Waals surface area contributed by atoms with Crippen LogP contribution in [0.25, 0.3) is 0 Å². The van der Waals surface area contributed by atoms with Gasteiger partial charge in [-0.3, -0.25) is 9.59 Å². The number of carbonyl (C=O) groups excluding carboxylic acids is 2. The Hall–Kier alpha value is -1.10. The second-order valence-corrected chi connectivity index (χ2v) is 3.42. The number of carbonyl (C=O) groups is 2. The van der Waals surface area contributed by atoms with Crippen LogP contribution in [-0.4, -0.2) is 38.5 Å². The summed E-state index contributed by atoms with van der Waals surface area (Å²) in [6.45, 7) is 5.78. The molecule has 2 amide bonds. The third kappa shape index (κ3) is 6.90. The summed E-state index contributed by atoms with van der Waals surface area (Å²) in [6.07, 6.45) is 0.330. The van der Waals surface area contributed by atoms with Crippen LogP contribution in [0.5, 0.6) is 0 Å². The standard InChI is InChI=1S/C10H21N3O2/c1-4-12-7-8(2)10(15)13-6-5-9(14)11-3/h8,12H,4-7H2,1-3H3,(H,11,14)(H,13,15). The quantitative estimate of drug-likeness (QED) is 0.535. The van der Waals surface area contributed by atoms with Gasteiger partial charge in [0.1, 0.15) is 0 Å². The Morgan fingerprint density at radius 2 is 2.00 bits per heavy atom. The molecule has 0 bridgehead atoms. The van der Waals surface area contributed by atoms with Crippen LogP contribution < -0.4 is 16.0 Å². The van der Waals surface area contributed by atoms with Crippen molar-refractivity contribution in [2.75, 3.05) is 26.7 Å². The Balaban J connectivity index is 3.59. The Labute approximate surface area is 91.0 Å². The molecule has 3 N–H and O–H groups in total. The summed E-state index contributed by atoms with van der Waals surface area (Å²) in [6, 6.07) is 0. The fourth-order valence-corrected chi connectivity index (χ4v) is 1.05. The summed E-state index contributed by atoms with van der Waals surface area (Å²) in [5.74, 6) is -0.135. The van der Waals surface area contributed by atoms with Crippen molar-refractivity contribution < 1.29 is 9.59 Å². The molecular formula is C10H21N3O2. The molecule has 0 fully saturated rings. The van der Waals surface area contributed by atoms with Crippen LogP contribution in [0.2, 0.25) is 0 Å². The van der Waals surface area contributed by atoms with Gasteiger partial charge < -0.3 is 16.0 Å². The van der Waals surface area contributed by atoms with Gasteiger partial charge in [0.15, 0.2) is 0 Å². The van der Waals surface area contributed by atoms with Crippen LogP contribution in [0.15, 0.2) is 0 Å². The van der Waals surface area contributed by atoms with Gasteiger partial charge in [0.2, 0.25) is 11.8 Å². The Kier molecular flexibility index (Phi) is 7.62. The largest absolute Gasteiger partial charge is 0.359 e. The van der Waals surface area contributed by atoms with Gasteiger partial charge in [0, 0.05) is 32.5 Å². The van der Waals surface area contributed by atoms with E-state index in [1.165, 1.54) is 0 Å². The first-order chi connectivity index (χ1) is 7.11. The predicted molar refractivity (Wildman–Crippen MR) is 59.4 cm³/mol. The highest BCUT2D eigenvalue weighted by Crippen LogP contribution is 1.92. The molecule has 0 radical (unpaired) electrons. The molecule has 0 aromatic rings. The predicted octanol–water partition coefficient (Wildman–Crippen LogP) is -0.516. The normalized spacial score (nSPS) is 11.9. The van der Waals surface area contributed by atoms with Gasteiger partial charge in [-0.05, 0) is 6.54 Å². The highest BCUT2D eigenvalue weighted by molar-refractivity contribution is 5.80. The molecule has 0 heterocycles. The molecule has 0 aliphatic heterocycles. The van der Waals surface area contributed by atoms with Crippen molar-refractivity contribution in [1.82, 2.24) is 16.0 Å². The SMILES string of the molecule is CCNCC(C)C(=O)NCCC(=O)NC. The summed E-state index contributed by atoms with van der Waals surface area (Å²) >= 11 is 0. The number of amides is 2.